The predicted octanol–water partition coefficient (Wildman–Crippen LogP) is 1.91. The standard InChI is InChI=1S/C20H23N3O6S/c1-12-9-16(12)20(26)21-11-19(25)22-17-10-15(7-8-18(17)24)30(27,28)23-13-3-5-14(29-2)6-4-13/h3-8,10,12,16,23-24H,9,11H2,1-2H3,(H,21,26)(H,22,25). The van der Waals surface area contributed by atoms with Gasteiger partial charge in [0.2, 0.25) is 11.8 Å². The number of phenolic OH excluding ortho intramolecular Hbond substituents is 1. The SMILES string of the molecule is COc1ccc(NS(=O)(=O)c2ccc(O)c(NC(=O)CNC(=O)C3CC3C)c2)cc1. The molecule has 2 aromatic carbocycles. The highest BCUT2D eigenvalue weighted by atomic mass is 32.2. The highest BCUT2D eigenvalue weighted by Crippen LogP contribution is 2.37. The molecule has 10 heteroatoms. The first-order chi connectivity index (χ1) is 14.2. The summed E-state index contributed by atoms with van der Waals surface area (Å²) in [6.45, 7) is 1.68. The summed E-state index contributed by atoms with van der Waals surface area (Å²) < 4.78 is 32.7. The summed E-state index contributed by atoms with van der Waals surface area (Å²) in [5, 5.41) is 14.9. The van der Waals surface area contributed by atoms with Gasteiger partial charge in [-0.15, -0.1) is 0 Å². The zero-order chi connectivity index (χ0) is 21.9. The summed E-state index contributed by atoms with van der Waals surface area (Å²) in [7, 11) is -2.46. The molecule has 0 aliphatic heterocycles. The second-order valence-electron chi connectivity index (χ2n) is 7.10. The molecule has 160 valence electrons. The Hall–Kier alpha value is -3.27. The minimum absolute atomic E-state index is 0.0660. The Morgan fingerprint density at radius 3 is 2.43 bits per heavy atom. The van der Waals surface area contributed by atoms with Crippen LogP contribution < -0.4 is 20.1 Å². The maximum atomic E-state index is 12.6. The van der Waals surface area contributed by atoms with E-state index in [1.807, 2.05) is 6.92 Å². The fourth-order valence-corrected chi connectivity index (χ4v) is 3.92. The van der Waals surface area contributed by atoms with Crippen LogP contribution in [0.3, 0.4) is 0 Å². The summed E-state index contributed by atoms with van der Waals surface area (Å²) >= 11 is 0. The van der Waals surface area contributed by atoms with Crippen molar-refractivity contribution >= 4 is 33.2 Å². The van der Waals surface area contributed by atoms with E-state index in [1.54, 1.807) is 24.3 Å². The minimum atomic E-state index is -3.97. The molecule has 4 N–H and O–H groups in total. The fourth-order valence-electron chi connectivity index (χ4n) is 2.84. The van der Waals surface area contributed by atoms with Gasteiger partial charge in [-0.1, -0.05) is 6.92 Å². The van der Waals surface area contributed by atoms with Crippen LogP contribution in [0.4, 0.5) is 11.4 Å². The van der Waals surface area contributed by atoms with Crippen LogP contribution in [0.1, 0.15) is 13.3 Å². The summed E-state index contributed by atoms with van der Waals surface area (Å²) in [5.41, 5.74) is 0.248. The molecule has 1 aliphatic carbocycles. The van der Waals surface area contributed by atoms with Crippen molar-refractivity contribution in [2.75, 3.05) is 23.7 Å². The van der Waals surface area contributed by atoms with Crippen molar-refractivity contribution in [3.05, 3.63) is 42.5 Å². The zero-order valence-electron chi connectivity index (χ0n) is 16.5. The Bertz CT molecular complexity index is 1050. The number of ether oxygens (including phenoxy) is 1. The van der Waals surface area contributed by atoms with Crippen molar-refractivity contribution in [3.63, 3.8) is 0 Å². The van der Waals surface area contributed by atoms with Crippen molar-refractivity contribution in [2.24, 2.45) is 11.8 Å². The van der Waals surface area contributed by atoms with Gasteiger partial charge < -0.3 is 20.5 Å². The number of anilines is 2. The van der Waals surface area contributed by atoms with E-state index < -0.39 is 15.9 Å². The van der Waals surface area contributed by atoms with Crippen LogP contribution in [-0.2, 0) is 19.6 Å². The van der Waals surface area contributed by atoms with E-state index in [9.17, 15) is 23.1 Å². The van der Waals surface area contributed by atoms with Crippen LogP contribution >= 0.6 is 0 Å². The number of benzene rings is 2. The number of aromatic hydroxyl groups is 1. The first kappa shape index (κ1) is 21.4. The molecular formula is C20H23N3O6S. The van der Waals surface area contributed by atoms with Crippen molar-refractivity contribution in [3.8, 4) is 11.5 Å². The van der Waals surface area contributed by atoms with Gasteiger partial charge in [0, 0.05) is 11.6 Å². The molecule has 1 fully saturated rings. The molecule has 2 aromatic rings. The average molecular weight is 433 g/mol. The fraction of sp³-hybridized carbons (Fsp3) is 0.300. The number of carbonyl (C=O) groups is 2. The van der Waals surface area contributed by atoms with E-state index in [2.05, 4.69) is 15.4 Å². The van der Waals surface area contributed by atoms with Crippen LogP contribution in [0.15, 0.2) is 47.4 Å². The first-order valence-electron chi connectivity index (χ1n) is 9.27. The molecule has 9 nitrogen and oxygen atoms in total. The lowest BCUT2D eigenvalue weighted by molar-refractivity contribution is -0.125. The molecule has 0 heterocycles. The second-order valence-corrected chi connectivity index (χ2v) is 8.78. The maximum Gasteiger partial charge on any atom is 0.261 e. The summed E-state index contributed by atoms with van der Waals surface area (Å²) in [6.07, 6.45) is 0.801. The molecule has 0 aromatic heterocycles. The van der Waals surface area contributed by atoms with Gasteiger partial charge in [-0.3, -0.25) is 14.3 Å². The van der Waals surface area contributed by atoms with Gasteiger partial charge in [-0.25, -0.2) is 8.42 Å². The van der Waals surface area contributed by atoms with Crippen LogP contribution in [0.2, 0.25) is 0 Å². The molecule has 0 spiro atoms. The summed E-state index contributed by atoms with van der Waals surface area (Å²) in [6, 6.07) is 9.83. The Labute approximate surface area is 174 Å². The Morgan fingerprint density at radius 2 is 1.83 bits per heavy atom. The lowest BCUT2D eigenvalue weighted by atomic mass is 10.3. The van der Waals surface area contributed by atoms with Crippen LogP contribution in [0.5, 0.6) is 11.5 Å². The molecule has 0 radical (unpaired) electrons. The van der Waals surface area contributed by atoms with Crippen molar-refractivity contribution in [1.29, 1.82) is 0 Å². The van der Waals surface area contributed by atoms with Gasteiger partial charge in [0.25, 0.3) is 10.0 Å². The number of phenols is 1. The van der Waals surface area contributed by atoms with Crippen molar-refractivity contribution in [1.82, 2.24) is 5.32 Å². The number of rotatable bonds is 8. The number of hydrogen-bond acceptors (Lipinski definition) is 6. The van der Waals surface area contributed by atoms with E-state index in [4.69, 9.17) is 4.74 Å². The van der Waals surface area contributed by atoms with E-state index in [1.165, 1.54) is 19.2 Å². The number of amides is 2. The number of nitrogens with one attached hydrogen (secondary N) is 3. The third-order valence-corrected chi connectivity index (χ3v) is 6.14. The van der Waals surface area contributed by atoms with Crippen LogP contribution in [0, 0.1) is 11.8 Å². The Balaban J connectivity index is 1.67. The largest absolute Gasteiger partial charge is 0.506 e. The molecule has 2 amide bonds. The predicted molar refractivity (Wildman–Crippen MR) is 111 cm³/mol. The number of methoxy groups -OCH3 is 1. The van der Waals surface area contributed by atoms with E-state index in [0.717, 1.165) is 12.5 Å². The lowest BCUT2D eigenvalue weighted by Crippen LogP contribution is -2.34. The monoisotopic (exact) mass is 433 g/mol. The summed E-state index contributed by atoms with van der Waals surface area (Å²) in [4.78, 5) is 23.7. The van der Waals surface area contributed by atoms with Crippen LogP contribution in [-0.4, -0.2) is 39.0 Å². The number of sulfonamides is 1. The van der Waals surface area contributed by atoms with E-state index >= 15 is 0 Å². The Kier molecular flexibility index (Phi) is 6.16. The highest BCUT2D eigenvalue weighted by molar-refractivity contribution is 7.92. The Morgan fingerprint density at radius 1 is 1.17 bits per heavy atom. The zero-order valence-corrected chi connectivity index (χ0v) is 17.3. The second kappa shape index (κ2) is 8.62. The topological polar surface area (TPSA) is 134 Å². The van der Waals surface area contributed by atoms with Crippen molar-refractivity contribution in [2.45, 2.75) is 18.2 Å². The van der Waals surface area contributed by atoms with Gasteiger partial charge >= 0.3 is 0 Å². The van der Waals surface area contributed by atoms with Gasteiger partial charge in [-0.05, 0) is 54.8 Å². The van der Waals surface area contributed by atoms with E-state index in [0.29, 0.717) is 17.4 Å². The molecule has 1 saturated carbocycles. The number of carbonyl (C=O) groups excluding carboxylic acids is 2. The third kappa shape index (κ3) is 5.20. The molecule has 2 atom stereocenters. The van der Waals surface area contributed by atoms with E-state index in [-0.39, 0.29) is 34.7 Å². The lowest BCUT2D eigenvalue weighted by Gasteiger charge is -2.12. The van der Waals surface area contributed by atoms with Gasteiger partial charge in [0.1, 0.15) is 11.5 Å². The molecule has 3 rings (SSSR count). The van der Waals surface area contributed by atoms with Gasteiger partial charge in [-0.2, -0.15) is 0 Å². The maximum absolute atomic E-state index is 12.6. The average Bonchev–Trinajstić information content (AvgIpc) is 3.44. The quantitative estimate of drug-likeness (QED) is 0.470. The smallest absolute Gasteiger partial charge is 0.261 e. The van der Waals surface area contributed by atoms with Gasteiger partial charge in [0.05, 0.1) is 24.2 Å². The van der Waals surface area contributed by atoms with Crippen LogP contribution in [0.25, 0.3) is 0 Å². The first-order valence-corrected chi connectivity index (χ1v) is 10.8. The summed E-state index contributed by atoms with van der Waals surface area (Å²) in [5.74, 6) is -0.239. The third-order valence-electron chi connectivity index (χ3n) is 4.76. The van der Waals surface area contributed by atoms with Gasteiger partial charge in [0.15, 0.2) is 0 Å². The minimum Gasteiger partial charge on any atom is -0.506 e. The highest BCUT2D eigenvalue weighted by Gasteiger charge is 2.39. The molecule has 30 heavy (non-hydrogen) atoms. The molecule has 0 bridgehead atoms. The molecule has 1 aliphatic rings. The normalized spacial score (nSPS) is 17.7. The number of hydrogen-bond donors (Lipinski definition) is 4. The molecule has 0 saturated heterocycles. The van der Waals surface area contributed by atoms with Crippen molar-refractivity contribution < 1.29 is 27.9 Å². The molecular weight excluding hydrogens is 410 g/mol. The molecule has 2 unspecified atom stereocenters.